The lowest BCUT2D eigenvalue weighted by molar-refractivity contribution is 0.177. The number of hydrogen-bond donors (Lipinski definition) is 0. The molecule has 1 aromatic carbocycles. The minimum absolute atomic E-state index is 0.0933. The number of amides is 2. The van der Waals surface area contributed by atoms with Gasteiger partial charge in [0.2, 0.25) is 0 Å². The van der Waals surface area contributed by atoms with Gasteiger partial charge in [0.25, 0.3) is 0 Å². The molecule has 0 N–H and O–H groups in total. The van der Waals surface area contributed by atoms with Crippen LogP contribution in [0.1, 0.15) is 31.2 Å². The molecule has 0 saturated carbocycles. The molecule has 3 aliphatic heterocycles. The molecule has 5 heteroatoms. The Morgan fingerprint density at radius 3 is 2.60 bits per heavy atom. The van der Waals surface area contributed by atoms with E-state index in [4.69, 9.17) is 0 Å². The van der Waals surface area contributed by atoms with Gasteiger partial charge in [-0.3, -0.25) is 9.80 Å². The molecule has 1 aromatic rings. The summed E-state index contributed by atoms with van der Waals surface area (Å²) in [6.45, 7) is 9.01. The predicted octanol–water partition coefficient (Wildman–Crippen LogP) is 3.38. The fourth-order valence-electron chi connectivity index (χ4n) is 4.66. The van der Waals surface area contributed by atoms with Crippen molar-refractivity contribution in [1.29, 1.82) is 0 Å². The van der Waals surface area contributed by atoms with E-state index in [1.165, 1.54) is 6.07 Å². The van der Waals surface area contributed by atoms with Crippen molar-refractivity contribution in [3.05, 3.63) is 42.2 Å². The summed E-state index contributed by atoms with van der Waals surface area (Å²) < 4.78 is 14.0. The van der Waals surface area contributed by atoms with Gasteiger partial charge in [0.15, 0.2) is 0 Å². The van der Waals surface area contributed by atoms with E-state index < -0.39 is 0 Å². The number of carbonyl (C=O) groups is 1. The minimum atomic E-state index is -0.206. The van der Waals surface area contributed by atoms with Crippen molar-refractivity contribution in [1.82, 2.24) is 9.80 Å². The van der Waals surface area contributed by atoms with Gasteiger partial charge < -0.3 is 4.90 Å². The first-order valence-corrected chi connectivity index (χ1v) is 9.33. The molecule has 0 radical (unpaired) electrons. The molecule has 4 nitrogen and oxygen atoms in total. The van der Waals surface area contributed by atoms with Crippen molar-refractivity contribution >= 4 is 11.7 Å². The zero-order chi connectivity index (χ0) is 17.4. The highest BCUT2D eigenvalue weighted by molar-refractivity contribution is 5.95. The first-order valence-electron chi connectivity index (χ1n) is 9.33. The van der Waals surface area contributed by atoms with E-state index >= 15 is 0 Å². The normalized spacial score (nSPS) is 22.4. The van der Waals surface area contributed by atoms with E-state index in [1.54, 1.807) is 12.1 Å². The summed E-state index contributed by atoms with van der Waals surface area (Å²) in [6, 6.07) is 5.03. The van der Waals surface area contributed by atoms with E-state index in [0.717, 1.165) is 69.7 Å². The molecule has 134 valence electrons. The second-order valence-electron chi connectivity index (χ2n) is 7.59. The van der Waals surface area contributed by atoms with Crippen LogP contribution in [0.4, 0.5) is 14.9 Å². The molecule has 2 amide bonds. The average molecular weight is 343 g/mol. The number of carbonyl (C=O) groups excluding carboxylic acids is 1. The Kier molecular flexibility index (Phi) is 4.28. The minimum Gasteiger partial charge on any atom is -0.324 e. The smallest absolute Gasteiger partial charge is 0.324 e. The summed E-state index contributed by atoms with van der Waals surface area (Å²) in [5.41, 5.74) is 1.83. The lowest BCUT2D eigenvalue weighted by atomic mass is 9.74. The van der Waals surface area contributed by atoms with Gasteiger partial charge in [-0.2, -0.15) is 0 Å². The molecule has 3 heterocycles. The average Bonchev–Trinajstić information content (AvgIpc) is 3.25. The van der Waals surface area contributed by atoms with E-state index in [-0.39, 0.29) is 17.3 Å². The molecule has 0 unspecified atom stereocenters. The fourth-order valence-corrected chi connectivity index (χ4v) is 4.66. The van der Waals surface area contributed by atoms with Crippen LogP contribution in [-0.4, -0.2) is 55.1 Å². The van der Waals surface area contributed by atoms with E-state index in [9.17, 15) is 9.18 Å². The summed E-state index contributed by atoms with van der Waals surface area (Å²) >= 11 is 0. The Hall–Kier alpha value is -1.88. The van der Waals surface area contributed by atoms with Crippen molar-refractivity contribution < 1.29 is 9.18 Å². The lowest BCUT2D eigenvalue weighted by Gasteiger charge is -2.39. The van der Waals surface area contributed by atoms with Crippen molar-refractivity contribution in [3.8, 4) is 0 Å². The van der Waals surface area contributed by atoms with E-state index in [1.807, 2.05) is 15.9 Å². The van der Waals surface area contributed by atoms with Gasteiger partial charge in [0.1, 0.15) is 5.82 Å². The van der Waals surface area contributed by atoms with Crippen LogP contribution < -0.4 is 4.90 Å². The number of likely N-dealkylation sites (tertiary alicyclic amines) is 2. The highest BCUT2D eigenvalue weighted by Crippen LogP contribution is 2.47. The molecule has 0 aromatic heterocycles. The highest BCUT2D eigenvalue weighted by atomic mass is 19.1. The van der Waals surface area contributed by atoms with Crippen LogP contribution in [0.15, 0.2) is 30.9 Å². The number of piperidine rings is 1. The second-order valence-corrected chi connectivity index (χ2v) is 7.59. The first-order chi connectivity index (χ1) is 12.1. The molecule has 0 aliphatic carbocycles. The maximum atomic E-state index is 14.0. The van der Waals surface area contributed by atoms with Crippen molar-refractivity contribution in [2.45, 2.75) is 31.1 Å². The number of urea groups is 1. The summed E-state index contributed by atoms with van der Waals surface area (Å²) in [7, 11) is 0. The topological polar surface area (TPSA) is 26.8 Å². The number of rotatable bonds is 2. The first kappa shape index (κ1) is 16.6. The van der Waals surface area contributed by atoms with Crippen LogP contribution >= 0.6 is 0 Å². The summed E-state index contributed by atoms with van der Waals surface area (Å²) in [6.07, 6.45) is 6.01. The maximum Gasteiger partial charge on any atom is 0.324 e. The number of hydrogen-bond acceptors (Lipinski definition) is 2. The predicted molar refractivity (Wildman–Crippen MR) is 97.5 cm³/mol. The third-order valence-electron chi connectivity index (χ3n) is 6.09. The number of nitrogens with zero attached hydrogens (tertiary/aromatic N) is 3. The van der Waals surface area contributed by atoms with E-state index in [0.29, 0.717) is 6.54 Å². The summed E-state index contributed by atoms with van der Waals surface area (Å²) in [5, 5.41) is 0. The third-order valence-corrected chi connectivity index (χ3v) is 6.09. The number of fused-ring (bicyclic) bond motifs is 2. The molecule has 4 rings (SSSR count). The number of halogens is 1. The van der Waals surface area contributed by atoms with Crippen LogP contribution in [0.25, 0.3) is 0 Å². The van der Waals surface area contributed by atoms with Crippen LogP contribution in [0.2, 0.25) is 0 Å². The molecule has 0 atom stereocenters. The number of benzene rings is 1. The highest BCUT2D eigenvalue weighted by Gasteiger charge is 2.47. The van der Waals surface area contributed by atoms with Crippen LogP contribution in [0.3, 0.4) is 0 Å². The second kappa shape index (κ2) is 6.45. The van der Waals surface area contributed by atoms with Crippen molar-refractivity contribution in [2.75, 3.05) is 44.2 Å². The van der Waals surface area contributed by atoms with Gasteiger partial charge in [0, 0.05) is 37.3 Å². The molecule has 1 spiro atoms. The van der Waals surface area contributed by atoms with Gasteiger partial charge >= 0.3 is 6.03 Å². The standard InChI is InChI=1S/C20H26FN3O/c1-2-9-22-12-7-20(8-13-22)15-24(19(25)23-10-3-4-11-23)18-6-5-16(21)14-17(18)20/h2,5-6,14H,1,3-4,7-13,15H2. The summed E-state index contributed by atoms with van der Waals surface area (Å²) in [5.74, 6) is -0.206. The summed E-state index contributed by atoms with van der Waals surface area (Å²) in [4.78, 5) is 19.2. The van der Waals surface area contributed by atoms with Crippen LogP contribution in [0, 0.1) is 5.82 Å². The van der Waals surface area contributed by atoms with Crippen molar-refractivity contribution in [2.24, 2.45) is 0 Å². The fraction of sp³-hybridized carbons (Fsp3) is 0.550. The zero-order valence-electron chi connectivity index (χ0n) is 14.7. The Balaban J connectivity index is 1.63. The molecular weight excluding hydrogens is 317 g/mol. The number of anilines is 1. The monoisotopic (exact) mass is 343 g/mol. The lowest BCUT2D eigenvalue weighted by Crippen LogP contribution is -2.48. The van der Waals surface area contributed by atoms with E-state index in [2.05, 4.69) is 11.5 Å². The van der Waals surface area contributed by atoms with Gasteiger partial charge in [0.05, 0.1) is 0 Å². The van der Waals surface area contributed by atoms with Gasteiger partial charge in [-0.1, -0.05) is 6.08 Å². The molecule has 2 saturated heterocycles. The Bertz CT molecular complexity index is 676. The molecule has 3 aliphatic rings. The zero-order valence-corrected chi connectivity index (χ0v) is 14.7. The molecule has 0 bridgehead atoms. The van der Waals surface area contributed by atoms with Crippen molar-refractivity contribution in [3.63, 3.8) is 0 Å². The molecule has 2 fully saturated rings. The Labute approximate surface area is 148 Å². The largest absolute Gasteiger partial charge is 0.324 e. The molecular formula is C20H26FN3O. The van der Waals surface area contributed by atoms with Crippen LogP contribution in [0.5, 0.6) is 0 Å². The molecule has 25 heavy (non-hydrogen) atoms. The maximum absolute atomic E-state index is 14.0. The van der Waals surface area contributed by atoms with Gasteiger partial charge in [-0.25, -0.2) is 9.18 Å². The van der Waals surface area contributed by atoms with Crippen LogP contribution in [-0.2, 0) is 5.41 Å². The van der Waals surface area contributed by atoms with Gasteiger partial charge in [-0.15, -0.1) is 6.58 Å². The third kappa shape index (κ3) is 2.84. The Morgan fingerprint density at radius 1 is 1.20 bits per heavy atom. The Morgan fingerprint density at radius 2 is 1.92 bits per heavy atom. The quantitative estimate of drug-likeness (QED) is 0.770. The van der Waals surface area contributed by atoms with Gasteiger partial charge in [-0.05, 0) is 62.5 Å². The SMILES string of the molecule is C=CCN1CCC2(CC1)CN(C(=O)N1CCCC1)c1ccc(F)cc12.